The van der Waals surface area contributed by atoms with Crippen molar-refractivity contribution in [3.8, 4) is 5.75 Å². The fourth-order valence-corrected chi connectivity index (χ4v) is 3.98. The van der Waals surface area contributed by atoms with Crippen LogP contribution in [0, 0.1) is 6.92 Å². The normalized spacial score (nSPS) is 16.4. The Hall–Kier alpha value is -1.39. The van der Waals surface area contributed by atoms with Gasteiger partial charge in [-0.2, -0.15) is 0 Å². The van der Waals surface area contributed by atoms with Crippen LogP contribution in [0.15, 0.2) is 28.6 Å². The topological polar surface area (TPSA) is 67.8 Å². The summed E-state index contributed by atoms with van der Waals surface area (Å²) < 4.78 is 11.8. The average molecular weight is 545 g/mol. The summed E-state index contributed by atoms with van der Waals surface area (Å²) in [6.45, 7) is 9.14. The Morgan fingerprint density at radius 2 is 2.13 bits per heavy atom. The molecule has 1 aliphatic heterocycles. The van der Waals surface area contributed by atoms with Gasteiger partial charge in [-0.3, -0.25) is 4.99 Å². The Balaban J connectivity index is 0.00000320. The number of rotatable bonds is 8. The zero-order chi connectivity index (χ0) is 20.6. The molecule has 1 fully saturated rings. The van der Waals surface area contributed by atoms with Crippen LogP contribution in [0.4, 0.5) is 0 Å². The lowest BCUT2D eigenvalue weighted by Crippen LogP contribution is -2.36. The molecule has 1 saturated heterocycles. The van der Waals surface area contributed by atoms with Crippen molar-refractivity contribution in [3.63, 3.8) is 0 Å². The maximum atomic E-state index is 6.09. The van der Waals surface area contributed by atoms with Gasteiger partial charge < -0.3 is 20.1 Å². The Morgan fingerprint density at radius 3 is 2.80 bits per heavy atom. The molecule has 0 aliphatic carbocycles. The fraction of sp³-hybridized carbons (Fsp3) is 0.545. The number of benzene rings is 1. The number of thiazole rings is 1. The van der Waals surface area contributed by atoms with Crippen molar-refractivity contribution >= 4 is 41.3 Å². The first-order chi connectivity index (χ1) is 14.0. The van der Waals surface area contributed by atoms with Crippen LogP contribution < -0.4 is 15.4 Å². The van der Waals surface area contributed by atoms with Gasteiger partial charge in [0.1, 0.15) is 12.4 Å². The summed E-state index contributed by atoms with van der Waals surface area (Å²) in [5, 5.41) is 9.98. The number of halogens is 1. The van der Waals surface area contributed by atoms with E-state index in [4.69, 9.17) is 9.47 Å². The Bertz CT molecular complexity index is 819. The van der Waals surface area contributed by atoms with Crippen molar-refractivity contribution in [2.75, 3.05) is 20.3 Å². The lowest BCUT2D eigenvalue weighted by molar-refractivity contribution is 0.0676. The number of aryl methyl sites for hydroxylation is 1. The molecule has 1 aromatic heterocycles. The van der Waals surface area contributed by atoms with Crippen LogP contribution in [-0.4, -0.2) is 37.3 Å². The van der Waals surface area contributed by atoms with E-state index in [1.165, 1.54) is 5.56 Å². The van der Waals surface area contributed by atoms with Crippen LogP contribution in [0.3, 0.4) is 0 Å². The zero-order valence-electron chi connectivity index (χ0n) is 18.2. The van der Waals surface area contributed by atoms with Crippen LogP contribution in [0.2, 0.25) is 0 Å². The number of nitrogens with one attached hydrogen (secondary N) is 2. The third-order valence-corrected chi connectivity index (χ3v) is 6.04. The number of aliphatic imine (C=N–C) groups is 1. The summed E-state index contributed by atoms with van der Waals surface area (Å²) in [6, 6.07) is 6.30. The second-order valence-corrected chi connectivity index (χ2v) is 8.56. The van der Waals surface area contributed by atoms with Crippen LogP contribution >= 0.6 is 35.3 Å². The van der Waals surface area contributed by atoms with Crippen molar-refractivity contribution in [3.05, 3.63) is 45.4 Å². The SMILES string of the molecule is CN=C(NCc1csc(C(C)C)n1)NCc1ccc(C)cc1OCC1CCCO1.I. The summed E-state index contributed by atoms with van der Waals surface area (Å²) in [6.07, 6.45) is 2.40. The molecule has 2 aromatic rings. The molecule has 2 N–H and O–H groups in total. The molecule has 0 saturated carbocycles. The lowest BCUT2D eigenvalue weighted by Gasteiger charge is -2.17. The number of aromatic nitrogens is 1. The maximum Gasteiger partial charge on any atom is 0.191 e. The van der Waals surface area contributed by atoms with Gasteiger partial charge in [0, 0.05) is 37.1 Å². The predicted octanol–water partition coefficient (Wildman–Crippen LogP) is 4.62. The Morgan fingerprint density at radius 1 is 1.33 bits per heavy atom. The molecule has 0 bridgehead atoms. The highest BCUT2D eigenvalue weighted by atomic mass is 127. The molecule has 3 rings (SSSR count). The third kappa shape index (κ3) is 7.39. The molecule has 166 valence electrons. The lowest BCUT2D eigenvalue weighted by atomic mass is 10.1. The first-order valence-electron chi connectivity index (χ1n) is 10.3. The predicted molar refractivity (Wildman–Crippen MR) is 134 cm³/mol. The smallest absolute Gasteiger partial charge is 0.191 e. The summed E-state index contributed by atoms with van der Waals surface area (Å²) in [7, 11) is 1.78. The van der Waals surface area contributed by atoms with E-state index in [2.05, 4.69) is 65.0 Å². The molecule has 1 aromatic carbocycles. The third-order valence-electron chi connectivity index (χ3n) is 4.84. The second-order valence-electron chi connectivity index (χ2n) is 7.67. The molecule has 1 unspecified atom stereocenters. The van der Waals surface area contributed by atoms with Crippen molar-refractivity contribution < 1.29 is 9.47 Å². The minimum absolute atomic E-state index is 0. The summed E-state index contributed by atoms with van der Waals surface area (Å²) >= 11 is 1.71. The maximum absolute atomic E-state index is 6.09. The van der Waals surface area contributed by atoms with E-state index >= 15 is 0 Å². The van der Waals surface area contributed by atoms with Crippen LogP contribution in [0.1, 0.15) is 54.4 Å². The molecule has 0 amide bonds. The number of hydrogen-bond acceptors (Lipinski definition) is 5. The first kappa shape index (κ1) is 24.9. The minimum Gasteiger partial charge on any atom is -0.491 e. The Kier molecular flexibility index (Phi) is 10.3. The summed E-state index contributed by atoms with van der Waals surface area (Å²) in [5.41, 5.74) is 3.33. The molecule has 0 radical (unpaired) electrons. The molecule has 8 heteroatoms. The van der Waals surface area contributed by atoms with Crippen molar-refractivity contribution in [1.82, 2.24) is 15.6 Å². The zero-order valence-corrected chi connectivity index (χ0v) is 21.4. The van der Waals surface area contributed by atoms with Gasteiger partial charge in [-0.15, -0.1) is 35.3 Å². The molecular formula is C22H33IN4O2S. The van der Waals surface area contributed by atoms with Gasteiger partial charge >= 0.3 is 0 Å². The first-order valence-corrected chi connectivity index (χ1v) is 11.2. The highest BCUT2D eigenvalue weighted by Crippen LogP contribution is 2.22. The van der Waals surface area contributed by atoms with E-state index in [9.17, 15) is 0 Å². The van der Waals surface area contributed by atoms with E-state index < -0.39 is 0 Å². The summed E-state index contributed by atoms with van der Waals surface area (Å²) in [4.78, 5) is 8.99. The number of hydrogen-bond donors (Lipinski definition) is 2. The van der Waals surface area contributed by atoms with E-state index in [0.29, 0.717) is 25.6 Å². The van der Waals surface area contributed by atoms with E-state index in [1.54, 1.807) is 18.4 Å². The van der Waals surface area contributed by atoms with Gasteiger partial charge in [0.25, 0.3) is 0 Å². The quantitative estimate of drug-likeness (QED) is 0.289. The fourth-order valence-electron chi connectivity index (χ4n) is 3.14. The van der Waals surface area contributed by atoms with Gasteiger partial charge in [-0.25, -0.2) is 4.98 Å². The number of guanidine groups is 1. The van der Waals surface area contributed by atoms with Crippen LogP contribution in [0.5, 0.6) is 5.75 Å². The largest absolute Gasteiger partial charge is 0.491 e. The number of nitrogens with zero attached hydrogens (tertiary/aromatic N) is 2. The van der Waals surface area contributed by atoms with Crippen molar-refractivity contribution in [2.45, 2.75) is 58.7 Å². The molecule has 0 spiro atoms. The average Bonchev–Trinajstić information content (AvgIpc) is 3.39. The number of ether oxygens (including phenoxy) is 2. The standard InChI is InChI=1S/C22H32N4O2S.HI/c1-15(2)21-26-18(14-29-21)12-25-22(23-4)24-11-17-8-7-16(3)10-20(17)28-13-19-6-5-9-27-19;/h7-8,10,14-15,19H,5-6,9,11-13H2,1-4H3,(H2,23,24,25);1H. The molecule has 1 aliphatic rings. The Labute approximate surface area is 200 Å². The monoisotopic (exact) mass is 544 g/mol. The van der Waals surface area contributed by atoms with E-state index in [1.807, 2.05) is 0 Å². The summed E-state index contributed by atoms with van der Waals surface area (Å²) in [5.74, 6) is 2.11. The van der Waals surface area contributed by atoms with Crippen molar-refractivity contribution in [1.29, 1.82) is 0 Å². The molecular weight excluding hydrogens is 511 g/mol. The van der Waals surface area contributed by atoms with Crippen LogP contribution in [0.25, 0.3) is 0 Å². The van der Waals surface area contributed by atoms with Gasteiger partial charge in [0.2, 0.25) is 0 Å². The van der Waals surface area contributed by atoms with E-state index in [-0.39, 0.29) is 30.1 Å². The second kappa shape index (κ2) is 12.5. The highest BCUT2D eigenvalue weighted by molar-refractivity contribution is 14.0. The van der Waals surface area contributed by atoms with Gasteiger partial charge in [0.15, 0.2) is 5.96 Å². The van der Waals surface area contributed by atoms with Gasteiger partial charge in [-0.05, 0) is 31.4 Å². The van der Waals surface area contributed by atoms with Gasteiger partial charge in [-0.1, -0.05) is 26.0 Å². The minimum atomic E-state index is 0. The van der Waals surface area contributed by atoms with E-state index in [0.717, 1.165) is 47.4 Å². The highest BCUT2D eigenvalue weighted by Gasteiger charge is 2.17. The van der Waals surface area contributed by atoms with Gasteiger partial charge in [0.05, 0.1) is 23.4 Å². The molecule has 1 atom stereocenters. The molecule has 2 heterocycles. The van der Waals surface area contributed by atoms with Crippen molar-refractivity contribution in [2.24, 2.45) is 4.99 Å². The van der Waals surface area contributed by atoms with Crippen LogP contribution in [-0.2, 0) is 17.8 Å². The molecule has 6 nitrogen and oxygen atoms in total. The molecule has 30 heavy (non-hydrogen) atoms.